The molecular weight excluding hydrogens is 206 g/mol. The smallest absolute Gasteiger partial charge is 0.327 e. The fourth-order valence-electron chi connectivity index (χ4n) is 1.20. The van der Waals surface area contributed by atoms with Crippen LogP contribution in [0.1, 0.15) is 12.5 Å². The highest BCUT2D eigenvalue weighted by Crippen LogP contribution is 2.28. The molecule has 0 saturated heterocycles. The number of hydrogen-bond acceptors (Lipinski definition) is 4. The van der Waals surface area contributed by atoms with Gasteiger partial charge in [-0.2, -0.15) is 0 Å². The third-order valence-electron chi connectivity index (χ3n) is 1.84. The minimum atomic E-state index is -1.53. The third kappa shape index (κ3) is 2.19. The molecule has 1 aromatic rings. The summed E-state index contributed by atoms with van der Waals surface area (Å²) < 4.78 is 0.635. The first-order valence-electron chi connectivity index (χ1n) is 3.97. The largest absolute Gasteiger partial charge is 0.494 e. The van der Waals surface area contributed by atoms with E-state index in [1.807, 2.05) is 0 Å². The van der Waals surface area contributed by atoms with Gasteiger partial charge in [0.1, 0.15) is 6.04 Å². The number of aliphatic carboxylic acids is 2. The summed E-state index contributed by atoms with van der Waals surface area (Å²) in [5.74, 6) is -3.78. The van der Waals surface area contributed by atoms with E-state index in [0.717, 1.165) is 12.1 Å². The Kier molecular flexibility index (Phi) is 2.84. The molecule has 7 heteroatoms. The minimum absolute atomic E-state index is 0.499. The van der Waals surface area contributed by atoms with Gasteiger partial charge < -0.3 is 20.4 Å². The van der Waals surface area contributed by atoms with E-state index in [1.165, 1.54) is 0 Å². The first-order chi connectivity index (χ1) is 6.93. The van der Waals surface area contributed by atoms with Crippen LogP contribution in [0.15, 0.2) is 12.1 Å². The number of carboxylic acid groups (broad SMARTS) is 2. The molecule has 0 fully saturated rings. The molecule has 82 valence electrons. The zero-order chi connectivity index (χ0) is 11.6. The molecular formula is C8H9NO6. The lowest BCUT2D eigenvalue weighted by Gasteiger charge is -2.14. The van der Waals surface area contributed by atoms with Crippen LogP contribution < -0.4 is 0 Å². The van der Waals surface area contributed by atoms with Crippen molar-refractivity contribution in [2.45, 2.75) is 12.5 Å². The summed E-state index contributed by atoms with van der Waals surface area (Å²) in [4.78, 5) is 21.1. The fourth-order valence-corrected chi connectivity index (χ4v) is 1.20. The summed E-state index contributed by atoms with van der Waals surface area (Å²) in [6.45, 7) is 0. The molecule has 0 unspecified atom stereocenters. The lowest BCUT2D eigenvalue weighted by molar-refractivity contribution is -0.147. The molecule has 0 aromatic carbocycles. The molecule has 0 bridgehead atoms. The van der Waals surface area contributed by atoms with E-state index in [1.54, 1.807) is 0 Å². The maximum atomic E-state index is 10.7. The molecule has 1 rings (SSSR count). The van der Waals surface area contributed by atoms with Crippen molar-refractivity contribution in [3.63, 3.8) is 0 Å². The van der Waals surface area contributed by atoms with E-state index < -0.39 is 36.2 Å². The van der Waals surface area contributed by atoms with Crippen LogP contribution in [0.5, 0.6) is 11.8 Å². The molecule has 0 aliphatic rings. The molecule has 0 spiro atoms. The van der Waals surface area contributed by atoms with E-state index in [2.05, 4.69) is 0 Å². The highest BCUT2D eigenvalue weighted by atomic mass is 16.4. The average molecular weight is 215 g/mol. The molecule has 0 amide bonds. The molecule has 15 heavy (non-hydrogen) atoms. The second-order valence-corrected chi connectivity index (χ2v) is 2.87. The summed E-state index contributed by atoms with van der Waals surface area (Å²) in [6, 6.07) is 0.623. The van der Waals surface area contributed by atoms with Crippen LogP contribution in [-0.4, -0.2) is 36.9 Å². The Balaban J connectivity index is 3.09. The normalized spacial score (nSPS) is 12.3. The molecule has 4 N–H and O–H groups in total. The number of hydrogen-bond donors (Lipinski definition) is 4. The highest BCUT2D eigenvalue weighted by molar-refractivity contribution is 5.79. The third-order valence-corrected chi connectivity index (χ3v) is 1.84. The quantitative estimate of drug-likeness (QED) is 0.561. The van der Waals surface area contributed by atoms with Gasteiger partial charge >= 0.3 is 11.9 Å². The van der Waals surface area contributed by atoms with Gasteiger partial charge in [0.05, 0.1) is 6.42 Å². The zero-order valence-corrected chi connectivity index (χ0v) is 7.49. The Morgan fingerprint density at radius 1 is 1.20 bits per heavy atom. The summed E-state index contributed by atoms with van der Waals surface area (Å²) >= 11 is 0. The van der Waals surface area contributed by atoms with Crippen molar-refractivity contribution >= 4 is 11.9 Å². The number of nitrogens with zero attached hydrogens (tertiary/aromatic N) is 1. The first kappa shape index (κ1) is 10.9. The molecule has 0 aliphatic carbocycles. The van der Waals surface area contributed by atoms with Gasteiger partial charge in [0.15, 0.2) is 11.8 Å². The summed E-state index contributed by atoms with van der Waals surface area (Å²) in [7, 11) is 0. The average Bonchev–Trinajstić information content (AvgIpc) is 2.42. The van der Waals surface area contributed by atoms with E-state index in [4.69, 9.17) is 10.2 Å². The van der Waals surface area contributed by atoms with Gasteiger partial charge in [-0.05, 0) is 0 Å². The van der Waals surface area contributed by atoms with Crippen molar-refractivity contribution in [3.05, 3.63) is 12.1 Å². The Labute approximate surface area is 83.8 Å². The van der Waals surface area contributed by atoms with Crippen molar-refractivity contribution in [1.29, 1.82) is 0 Å². The molecule has 0 aliphatic heterocycles. The molecule has 0 radical (unpaired) electrons. The Bertz CT molecular complexity index is 376. The summed E-state index contributed by atoms with van der Waals surface area (Å²) in [6.07, 6.45) is -0.731. The summed E-state index contributed by atoms with van der Waals surface area (Å²) in [5, 5.41) is 35.6. The Morgan fingerprint density at radius 3 is 2.00 bits per heavy atom. The highest BCUT2D eigenvalue weighted by Gasteiger charge is 2.26. The van der Waals surface area contributed by atoms with E-state index in [-0.39, 0.29) is 0 Å². The van der Waals surface area contributed by atoms with Crippen LogP contribution >= 0.6 is 0 Å². The standard InChI is InChI=1S/C8H9NO6/c10-5-1-2-6(11)9(5)4(8(14)15)3-7(12)13/h1-2,4,10-11H,3H2,(H,12,13)(H,14,15)/t4-/m0/s1. The predicted molar refractivity (Wildman–Crippen MR) is 46.7 cm³/mol. The molecule has 1 heterocycles. The minimum Gasteiger partial charge on any atom is -0.494 e. The van der Waals surface area contributed by atoms with Gasteiger partial charge in [0, 0.05) is 12.1 Å². The van der Waals surface area contributed by atoms with Crippen LogP contribution in [0.3, 0.4) is 0 Å². The lowest BCUT2D eigenvalue weighted by atomic mass is 10.2. The van der Waals surface area contributed by atoms with Crippen molar-refractivity contribution in [2.75, 3.05) is 0 Å². The van der Waals surface area contributed by atoms with Gasteiger partial charge in [-0.1, -0.05) is 0 Å². The van der Waals surface area contributed by atoms with Gasteiger partial charge in [-0.25, -0.2) is 4.79 Å². The zero-order valence-electron chi connectivity index (χ0n) is 7.49. The van der Waals surface area contributed by atoms with Crippen LogP contribution in [0.2, 0.25) is 0 Å². The van der Waals surface area contributed by atoms with Crippen LogP contribution in [0.25, 0.3) is 0 Å². The van der Waals surface area contributed by atoms with Crippen molar-refractivity contribution in [2.24, 2.45) is 0 Å². The molecule has 7 nitrogen and oxygen atoms in total. The van der Waals surface area contributed by atoms with Crippen LogP contribution in [-0.2, 0) is 9.59 Å². The topological polar surface area (TPSA) is 120 Å². The Hall–Kier alpha value is -2.18. The SMILES string of the molecule is O=C(O)C[C@@H](C(=O)O)n1c(O)ccc1O. The number of carboxylic acids is 2. The number of aromatic hydroxyl groups is 2. The maximum absolute atomic E-state index is 10.7. The van der Waals surface area contributed by atoms with Crippen molar-refractivity contribution in [3.8, 4) is 11.8 Å². The van der Waals surface area contributed by atoms with E-state index >= 15 is 0 Å². The van der Waals surface area contributed by atoms with Crippen LogP contribution in [0, 0.1) is 0 Å². The second kappa shape index (κ2) is 3.91. The Morgan fingerprint density at radius 2 is 1.67 bits per heavy atom. The van der Waals surface area contributed by atoms with Crippen LogP contribution in [0.4, 0.5) is 0 Å². The first-order valence-corrected chi connectivity index (χ1v) is 3.97. The molecule has 1 atom stereocenters. The number of rotatable bonds is 4. The monoisotopic (exact) mass is 215 g/mol. The predicted octanol–water partition coefficient (Wildman–Crippen LogP) is -0.000300. The van der Waals surface area contributed by atoms with Crippen molar-refractivity contribution < 1.29 is 30.0 Å². The van der Waals surface area contributed by atoms with Gasteiger partial charge in [-0.3, -0.25) is 9.36 Å². The maximum Gasteiger partial charge on any atom is 0.327 e. The number of aromatic nitrogens is 1. The van der Waals surface area contributed by atoms with Gasteiger partial charge in [-0.15, -0.1) is 0 Å². The van der Waals surface area contributed by atoms with E-state index in [9.17, 15) is 19.8 Å². The molecule has 1 aromatic heterocycles. The number of carbonyl (C=O) groups is 2. The van der Waals surface area contributed by atoms with E-state index in [0.29, 0.717) is 4.57 Å². The lowest BCUT2D eigenvalue weighted by Crippen LogP contribution is -2.21. The van der Waals surface area contributed by atoms with Gasteiger partial charge in [0.2, 0.25) is 0 Å². The van der Waals surface area contributed by atoms with Gasteiger partial charge in [0.25, 0.3) is 0 Å². The fraction of sp³-hybridized carbons (Fsp3) is 0.250. The molecule has 0 saturated carbocycles. The van der Waals surface area contributed by atoms with Crippen molar-refractivity contribution in [1.82, 2.24) is 4.57 Å². The summed E-state index contributed by atoms with van der Waals surface area (Å²) in [5.41, 5.74) is 0. The second-order valence-electron chi connectivity index (χ2n) is 2.87.